The highest BCUT2D eigenvalue weighted by molar-refractivity contribution is 6.33. The maximum Gasteiger partial charge on any atom is 0.119 e. The third-order valence-electron chi connectivity index (χ3n) is 5.56. The summed E-state index contributed by atoms with van der Waals surface area (Å²) in [4.78, 5) is 6.77. The van der Waals surface area contributed by atoms with Crippen molar-refractivity contribution in [2.45, 2.75) is 85.5 Å². The van der Waals surface area contributed by atoms with Gasteiger partial charge < -0.3 is 16.0 Å². The summed E-state index contributed by atoms with van der Waals surface area (Å²) >= 11 is 6.47. The Hall–Kier alpha value is -1.94. The fourth-order valence-corrected chi connectivity index (χ4v) is 3.87. The van der Waals surface area contributed by atoms with E-state index in [-0.39, 0.29) is 0 Å². The summed E-state index contributed by atoms with van der Waals surface area (Å²) in [6.07, 6.45) is 11.8. The smallest absolute Gasteiger partial charge is 0.119 e. The number of allylic oxidation sites excluding steroid dienone is 2. The van der Waals surface area contributed by atoms with E-state index in [4.69, 9.17) is 17.3 Å². The van der Waals surface area contributed by atoms with Crippen LogP contribution in [0.25, 0.3) is 0 Å². The molecule has 174 valence electrons. The van der Waals surface area contributed by atoms with Crippen LogP contribution >= 0.6 is 11.6 Å². The van der Waals surface area contributed by atoms with E-state index >= 15 is 0 Å². The Balaban J connectivity index is 3.18. The van der Waals surface area contributed by atoms with Crippen LogP contribution in [0.1, 0.15) is 91.0 Å². The fourth-order valence-electron chi connectivity index (χ4n) is 3.72. The summed E-state index contributed by atoms with van der Waals surface area (Å²) in [5.41, 5.74) is 10.7. The molecule has 3 N–H and O–H groups in total. The van der Waals surface area contributed by atoms with Crippen LogP contribution < -0.4 is 16.0 Å². The van der Waals surface area contributed by atoms with Crippen LogP contribution in [-0.2, 0) is 0 Å². The van der Waals surface area contributed by atoms with Gasteiger partial charge in [0, 0.05) is 12.8 Å². The molecule has 1 unspecified atom stereocenters. The van der Waals surface area contributed by atoms with Gasteiger partial charge in [-0.1, -0.05) is 77.3 Å². The number of hydrogen-bond donors (Lipinski definition) is 2. The van der Waals surface area contributed by atoms with Crippen molar-refractivity contribution in [2.24, 2.45) is 4.99 Å². The first kappa shape index (κ1) is 27.1. The van der Waals surface area contributed by atoms with Crippen molar-refractivity contribution in [1.82, 2.24) is 5.32 Å². The molecule has 0 heterocycles. The first-order valence-corrected chi connectivity index (χ1v) is 12.2. The van der Waals surface area contributed by atoms with E-state index in [1.807, 2.05) is 19.2 Å². The van der Waals surface area contributed by atoms with Gasteiger partial charge in [-0.3, -0.25) is 0 Å². The normalized spacial score (nSPS) is 12.9. The number of hydrogen-bond acceptors (Lipinski definition) is 4. The summed E-state index contributed by atoms with van der Waals surface area (Å²) < 4.78 is 0. The molecular formula is C26H43ClN4. The summed E-state index contributed by atoms with van der Waals surface area (Å²) in [5.74, 6) is 1.12. The number of aliphatic imine (C=N–C) groups is 1. The molecule has 0 aliphatic rings. The molecule has 0 saturated heterocycles. The van der Waals surface area contributed by atoms with Crippen molar-refractivity contribution in [3.8, 4) is 0 Å². The minimum atomic E-state index is 0.474. The first-order chi connectivity index (χ1) is 14.9. The maximum atomic E-state index is 6.55. The Morgan fingerprint density at radius 2 is 1.94 bits per heavy atom. The lowest BCUT2D eigenvalue weighted by Crippen LogP contribution is -2.35. The molecule has 1 rings (SSSR count). The Bertz CT molecular complexity index is 739. The Kier molecular flexibility index (Phi) is 13.1. The van der Waals surface area contributed by atoms with Crippen LogP contribution in [0, 0.1) is 0 Å². The second-order valence-electron chi connectivity index (χ2n) is 8.16. The lowest BCUT2D eigenvalue weighted by molar-refractivity contribution is 0.566. The van der Waals surface area contributed by atoms with Crippen molar-refractivity contribution < 1.29 is 0 Å². The molecule has 0 fully saturated rings. The maximum absolute atomic E-state index is 6.55. The van der Waals surface area contributed by atoms with Gasteiger partial charge in [0.25, 0.3) is 0 Å². The molecule has 0 spiro atoms. The van der Waals surface area contributed by atoms with Crippen molar-refractivity contribution in [3.05, 3.63) is 46.8 Å². The van der Waals surface area contributed by atoms with E-state index < -0.39 is 0 Å². The standard InChI is InChI=1S/C26H43ClN4/c1-7-11-14-22(10-4)23-15-16-24(27)25(28)26(23)31(17-12-8-2)19-30-21(6)29-18-20(5)13-9-3/h13,15-16,18,22,30H,6-12,14,17,19,28H2,1-5H3/b20-13-,29-18-. The average molecular weight is 447 g/mol. The van der Waals surface area contributed by atoms with E-state index in [1.54, 1.807) is 0 Å². The third-order valence-corrected chi connectivity index (χ3v) is 5.89. The quantitative estimate of drug-likeness (QED) is 0.165. The van der Waals surface area contributed by atoms with Crippen molar-refractivity contribution in [3.63, 3.8) is 0 Å². The molecule has 0 aromatic heterocycles. The Morgan fingerprint density at radius 3 is 2.55 bits per heavy atom. The number of nitrogens with two attached hydrogens (primary N) is 1. The highest BCUT2D eigenvalue weighted by atomic mass is 35.5. The summed E-state index contributed by atoms with van der Waals surface area (Å²) in [6.45, 7) is 16.4. The van der Waals surface area contributed by atoms with Crippen LogP contribution in [0.2, 0.25) is 5.02 Å². The van der Waals surface area contributed by atoms with Crippen LogP contribution in [0.5, 0.6) is 0 Å². The highest BCUT2D eigenvalue weighted by Gasteiger charge is 2.21. The SMILES string of the molecule is C=C(/N=C\C(C)=C/CC)NCN(CCCC)c1c(C(CC)CCCC)ccc(Cl)c1N. The van der Waals surface area contributed by atoms with Crippen LogP contribution in [0.4, 0.5) is 11.4 Å². The molecule has 0 radical (unpaired) electrons. The van der Waals surface area contributed by atoms with Gasteiger partial charge in [0.1, 0.15) is 5.82 Å². The first-order valence-electron chi connectivity index (χ1n) is 11.9. The van der Waals surface area contributed by atoms with Gasteiger partial charge in [-0.2, -0.15) is 0 Å². The second-order valence-corrected chi connectivity index (χ2v) is 8.57. The zero-order chi connectivity index (χ0) is 23.2. The third kappa shape index (κ3) is 8.98. The topological polar surface area (TPSA) is 53.7 Å². The van der Waals surface area contributed by atoms with Gasteiger partial charge in [0.15, 0.2) is 0 Å². The zero-order valence-corrected chi connectivity index (χ0v) is 21.1. The highest BCUT2D eigenvalue weighted by Crippen LogP contribution is 2.40. The van der Waals surface area contributed by atoms with Gasteiger partial charge >= 0.3 is 0 Å². The lowest BCUT2D eigenvalue weighted by atomic mass is 9.89. The predicted molar refractivity (Wildman–Crippen MR) is 140 cm³/mol. The Morgan fingerprint density at radius 1 is 1.23 bits per heavy atom. The number of nitrogens with one attached hydrogen (secondary N) is 1. The second kappa shape index (κ2) is 15.0. The average Bonchev–Trinajstić information content (AvgIpc) is 2.76. The van der Waals surface area contributed by atoms with E-state index in [0.717, 1.165) is 49.9 Å². The molecule has 31 heavy (non-hydrogen) atoms. The number of halogens is 1. The van der Waals surface area contributed by atoms with Gasteiger partial charge in [-0.15, -0.1) is 0 Å². The van der Waals surface area contributed by atoms with Crippen molar-refractivity contribution in [1.29, 1.82) is 0 Å². The van der Waals surface area contributed by atoms with Gasteiger partial charge in [-0.05, 0) is 55.7 Å². The van der Waals surface area contributed by atoms with Gasteiger partial charge in [0.2, 0.25) is 0 Å². The molecule has 5 heteroatoms. The van der Waals surface area contributed by atoms with Gasteiger partial charge in [0.05, 0.1) is 23.1 Å². The number of benzene rings is 1. The molecule has 0 saturated carbocycles. The molecule has 0 bridgehead atoms. The van der Waals surface area contributed by atoms with E-state index in [2.05, 4.69) is 61.6 Å². The largest absolute Gasteiger partial charge is 0.396 e. The molecule has 0 aliphatic heterocycles. The molecular weight excluding hydrogens is 404 g/mol. The Labute approximate surface area is 195 Å². The molecule has 4 nitrogen and oxygen atoms in total. The number of unbranched alkanes of at least 4 members (excludes halogenated alkanes) is 2. The fraction of sp³-hybridized carbons (Fsp3) is 0.577. The summed E-state index contributed by atoms with van der Waals surface area (Å²) in [5, 5.41) is 3.98. The van der Waals surface area contributed by atoms with Crippen molar-refractivity contribution in [2.75, 3.05) is 23.8 Å². The van der Waals surface area contributed by atoms with Crippen LogP contribution in [-0.4, -0.2) is 19.4 Å². The van der Waals surface area contributed by atoms with Gasteiger partial charge in [-0.25, -0.2) is 4.99 Å². The van der Waals surface area contributed by atoms with Crippen LogP contribution in [0.3, 0.4) is 0 Å². The number of rotatable bonds is 15. The number of anilines is 2. The van der Waals surface area contributed by atoms with Crippen LogP contribution in [0.15, 0.2) is 41.2 Å². The number of nitrogens with zero attached hydrogens (tertiary/aromatic N) is 2. The molecule has 1 aromatic rings. The molecule has 1 aromatic carbocycles. The van der Waals surface area contributed by atoms with Crippen molar-refractivity contribution >= 4 is 29.2 Å². The molecule has 0 amide bonds. The van der Waals surface area contributed by atoms with E-state index in [9.17, 15) is 0 Å². The zero-order valence-electron chi connectivity index (χ0n) is 20.3. The number of nitrogen functional groups attached to an aromatic ring is 1. The molecule has 1 atom stereocenters. The molecule has 0 aliphatic carbocycles. The minimum absolute atomic E-state index is 0.474. The predicted octanol–water partition coefficient (Wildman–Crippen LogP) is 7.66. The lowest BCUT2D eigenvalue weighted by Gasteiger charge is -2.31. The van der Waals surface area contributed by atoms with E-state index in [1.165, 1.54) is 18.4 Å². The summed E-state index contributed by atoms with van der Waals surface area (Å²) in [7, 11) is 0. The summed E-state index contributed by atoms with van der Waals surface area (Å²) in [6, 6.07) is 4.12. The monoisotopic (exact) mass is 446 g/mol. The minimum Gasteiger partial charge on any atom is -0.396 e. The van der Waals surface area contributed by atoms with E-state index in [0.29, 0.717) is 29.1 Å².